The number of amides is 1. The summed E-state index contributed by atoms with van der Waals surface area (Å²) in [5.41, 5.74) is 4.03. The van der Waals surface area contributed by atoms with Gasteiger partial charge in [-0.05, 0) is 62.4 Å². The van der Waals surface area contributed by atoms with Gasteiger partial charge < -0.3 is 14.8 Å². The Hall–Kier alpha value is -3.93. The zero-order chi connectivity index (χ0) is 21.6. The molecule has 31 heavy (non-hydrogen) atoms. The fraction of sp³-hybridized carbons (Fsp3) is 0.160. The van der Waals surface area contributed by atoms with Crippen LogP contribution in [0.25, 0.3) is 22.3 Å². The summed E-state index contributed by atoms with van der Waals surface area (Å²) in [4.78, 5) is 21.7. The maximum absolute atomic E-state index is 12.6. The molecular formula is C25H23N3O3. The first-order valence-electron chi connectivity index (χ1n) is 10.2. The predicted molar refractivity (Wildman–Crippen MR) is 121 cm³/mol. The molecule has 0 aliphatic heterocycles. The van der Waals surface area contributed by atoms with Gasteiger partial charge in [-0.1, -0.05) is 24.3 Å². The predicted octanol–water partition coefficient (Wildman–Crippen LogP) is 5.10. The van der Waals surface area contributed by atoms with E-state index < -0.39 is 6.10 Å². The van der Waals surface area contributed by atoms with Crippen molar-refractivity contribution in [3.63, 3.8) is 0 Å². The molecule has 0 spiro atoms. The molecule has 3 aromatic carbocycles. The maximum Gasteiger partial charge on any atom is 0.265 e. The number of benzene rings is 3. The molecule has 1 amide bonds. The van der Waals surface area contributed by atoms with Gasteiger partial charge in [-0.2, -0.15) is 0 Å². The highest BCUT2D eigenvalue weighted by Gasteiger charge is 2.17. The molecule has 0 fully saturated rings. The van der Waals surface area contributed by atoms with Crippen LogP contribution in [0.15, 0.2) is 79.0 Å². The van der Waals surface area contributed by atoms with E-state index in [9.17, 15) is 4.79 Å². The van der Waals surface area contributed by atoms with E-state index in [2.05, 4.69) is 15.3 Å². The zero-order valence-corrected chi connectivity index (χ0v) is 17.4. The number of fused-ring (bicyclic) bond motifs is 1. The van der Waals surface area contributed by atoms with Gasteiger partial charge in [-0.3, -0.25) is 9.78 Å². The normalized spacial score (nSPS) is 11.7. The second kappa shape index (κ2) is 9.26. The largest absolute Gasteiger partial charge is 0.492 e. The van der Waals surface area contributed by atoms with Crippen LogP contribution in [0, 0.1) is 0 Å². The van der Waals surface area contributed by atoms with Crippen molar-refractivity contribution in [2.45, 2.75) is 20.0 Å². The molecule has 6 heteroatoms. The average molecular weight is 413 g/mol. The van der Waals surface area contributed by atoms with Gasteiger partial charge in [-0.25, -0.2) is 4.98 Å². The van der Waals surface area contributed by atoms with E-state index in [0.717, 1.165) is 22.3 Å². The van der Waals surface area contributed by atoms with E-state index in [1.54, 1.807) is 19.2 Å². The highest BCUT2D eigenvalue weighted by Crippen LogP contribution is 2.25. The van der Waals surface area contributed by atoms with Crippen LogP contribution in [0.1, 0.15) is 13.8 Å². The third-order valence-corrected chi connectivity index (χ3v) is 4.73. The monoisotopic (exact) mass is 413 g/mol. The number of anilines is 1. The lowest BCUT2D eigenvalue weighted by atomic mass is 10.1. The van der Waals surface area contributed by atoms with E-state index >= 15 is 0 Å². The molecule has 1 heterocycles. The number of nitrogens with zero attached hydrogens (tertiary/aromatic N) is 2. The first-order chi connectivity index (χ1) is 15.1. The molecule has 156 valence electrons. The Balaban J connectivity index is 1.43. The van der Waals surface area contributed by atoms with Crippen molar-refractivity contribution < 1.29 is 14.3 Å². The van der Waals surface area contributed by atoms with Gasteiger partial charge in [0, 0.05) is 5.56 Å². The summed E-state index contributed by atoms with van der Waals surface area (Å²) in [6.07, 6.45) is 1.07. The van der Waals surface area contributed by atoms with Gasteiger partial charge in [0.2, 0.25) is 0 Å². The SMILES string of the molecule is CCOc1ccccc1NC(=O)C(C)Oc1ccc(-c2cnc3ccccc3n2)cc1. The van der Waals surface area contributed by atoms with Crippen molar-refractivity contribution in [1.82, 2.24) is 9.97 Å². The Morgan fingerprint density at radius 3 is 2.45 bits per heavy atom. The number of ether oxygens (including phenoxy) is 2. The van der Waals surface area contributed by atoms with E-state index in [1.807, 2.05) is 73.7 Å². The minimum absolute atomic E-state index is 0.253. The number of hydrogen-bond donors (Lipinski definition) is 1. The smallest absolute Gasteiger partial charge is 0.265 e. The average Bonchev–Trinajstić information content (AvgIpc) is 2.80. The summed E-state index contributed by atoms with van der Waals surface area (Å²) in [6, 6.07) is 22.5. The first kappa shape index (κ1) is 20.3. The Morgan fingerprint density at radius 2 is 1.68 bits per heavy atom. The molecular weight excluding hydrogens is 390 g/mol. The van der Waals surface area contributed by atoms with Crippen LogP contribution in [0.2, 0.25) is 0 Å². The molecule has 0 saturated carbocycles. The zero-order valence-electron chi connectivity index (χ0n) is 17.4. The Kier molecular flexibility index (Phi) is 6.08. The van der Waals surface area contributed by atoms with Gasteiger partial charge >= 0.3 is 0 Å². The number of hydrogen-bond acceptors (Lipinski definition) is 5. The Bertz CT molecular complexity index is 1190. The number of carbonyl (C=O) groups is 1. The van der Waals surface area contributed by atoms with Crippen LogP contribution >= 0.6 is 0 Å². The van der Waals surface area contributed by atoms with E-state index in [4.69, 9.17) is 9.47 Å². The van der Waals surface area contributed by atoms with E-state index in [1.165, 1.54) is 0 Å². The second-order valence-corrected chi connectivity index (χ2v) is 6.95. The van der Waals surface area contributed by atoms with Crippen molar-refractivity contribution in [3.8, 4) is 22.8 Å². The van der Waals surface area contributed by atoms with Crippen molar-refractivity contribution in [2.75, 3.05) is 11.9 Å². The molecule has 1 atom stereocenters. The summed E-state index contributed by atoms with van der Waals surface area (Å²) >= 11 is 0. The van der Waals surface area contributed by atoms with Gasteiger partial charge in [0.05, 0.1) is 35.2 Å². The molecule has 1 N–H and O–H groups in total. The minimum Gasteiger partial charge on any atom is -0.492 e. The number of para-hydroxylation sites is 4. The molecule has 1 unspecified atom stereocenters. The summed E-state index contributed by atoms with van der Waals surface area (Å²) in [5, 5.41) is 2.86. The highest BCUT2D eigenvalue weighted by atomic mass is 16.5. The van der Waals surface area contributed by atoms with Gasteiger partial charge in [0.15, 0.2) is 6.10 Å². The van der Waals surface area contributed by atoms with Crippen molar-refractivity contribution in [3.05, 3.63) is 79.0 Å². The maximum atomic E-state index is 12.6. The third kappa shape index (κ3) is 4.80. The minimum atomic E-state index is -0.680. The highest BCUT2D eigenvalue weighted by molar-refractivity contribution is 5.95. The van der Waals surface area contributed by atoms with Crippen molar-refractivity contribution in [2.24, 2.45) is 0 Å². The molecule has 0 bridgehead atoms. The summed E-state index contributed by atoms with van der Waals surface area (Å²) in [7, 11) is 0. The van der Waals surface area contributed by atoms with Gasteiger partial charge in [0.25, 0.3) is 5.91 Å². The molecule has 6 nitrogen and oxygen atoms in total. The van der Waals surface area contributed by atoms with Crippen LogP contribution in [0.3, 0.4) is 0 Å². The summed E-state index contributed by atoms with van der Waals surface area (Å²) in [6.45, 7) is 4.13. The molecule has 4 rings (SSSR count). The van der Waals surface area contributed by atoms with E-state index in [0.29, 0.717) is 23.8 Å². The van der Waals surface area contributed by atoms with Crippen LogP contribution in [-0.4, -0.2) is 28.6 Å². The molecule has 4 aromatic rings. The van der Waals surface area contributed by atoms with Crippen molar-refractivity contribution in [1.29, 1.82) is 0 Å². The fourth-order valence-electron chi connectivity index (χ4n) is 3.14. The van der Waals surface area contributed by atoms with Crippen LogP contribution < -0.4 is 14.8 Å². The second-order valence-electron chi connectivity index (χ2n) is 6.95. The number of rotatable bonds is 7. The molecule has 0 saturated heterocycles. The lowest BCUT2D eigenvalue weighted by Crippen LogP contribution is -2.30. The van der Waals surface area contributed by atoms with Crippen LogP contribution in [0.4, 0.5) is 5.69 Å². The van der Waals surface area contributed by atoms with Crippen LogP contribution in [0.5, 0.6) is 11.5 Å². The van der Waals surface area contributed by atoms with Gasteiger partial charge in [-0.15, -0.1) is 0 Å². The lowest BCUT2D eigenvalue weighted by molar-refractivity contribution is -0.122. The summed E-state index contributed by atoms with van der Waals surface area (Å²) in [5.74, 6) is 0.973. The van der Waals surface area contributed by atoms with Crippen molar-refractivity contribution >= 4 is 22.6 Å². The fourth-order valence-corrected chi connectivity index (χ4v) is 3.14. The number of aromatic nitrogens is 2. The standard InChI is InChI=1S/C25H23N3O3/c1-3-30-24-11-7-6-10-22(24)28-25(29)17(2)31-19-14-12-18(13-15-19)23-16-26-20-8-4-5-9-21(20)27-23/h4-17H,3H2,1-2H3,(H,28,29). The molecule has 0 aliphatic rings. The van der Waals surface area contributed by atoms with E-state index in [-0.39, 0.29) is 5.91 Å². The third-order valence-electron chi connectivity index (χ3n) is 4.73. The van der Waals surface area contributed by atoms with Crippen LogP contribution in [-0.2, 0) is 4.79 Å². The number of carbonyl (C=O) groups excluding carboxylic acids is 1. The molecule has 0 aliphatic carbocycles. The Morgan fingerprint density at radius 1 is 0.968 bits per heavy atom. The molecule has 0 radical (unpaired) electrons. The number of nitrogens with one attached hydrogen (secondary N) is 1. The quantitative estimate of drug-likeness (QED) is 0.456. The summed E-state index contributed by atoms with van der Waals surface area (Å²) < 4.78 is 11.4. The molecule has 1 aromatic heterocycles. The topological polar surface area (TPSA) is 73.3 Å². The lowest BCUT2D eigenvalue weighted by Gasteiger charge is -2.16. The Labute approximate surface area is 180 Å². The first-order valence-corrected chi connectivity index (χ1v) is 10.2. The van der Waals surface area contributed by atoms with Gasteiger partial charge in [0.1, 0.15) is 11.5 Å².